The number of likely N-dealkylation sites (tertiary alicyclic amines) is 1. The first-order chi connectivity index (χ1) is 8.99. The molecule has 1 aliphatic heterocycles. The zero-order chi connectivity index (χ0) is 14.0. The molecule has 1 saturated heterocycles. The van der Waals surface area contributed by atoms with Crippen molar-refractivity contribution in [3.8, 4) is 0 Å². The zero-order valence-electron chi connectivity index (χ0n) is 12.0. The topological polar surface area (TPSA) is 57.6 Å². The molecule has 2 aliphatic rings. The average molecular weight is 267 g/mol. The first kappa shape index (κ1) is 14.4. The number of carbonyl (C=O) groups is 2. The van der Waals surface area contributed by atoms with E-state index in [0.29, 0.717) is 18.3 Å². The van der Waals surface area contributed by atoms with Crippen molar-refractivity contribution in [2.24, 2.45) is 23.7 Å². The molecule has 19 heavy (non-hydrogen) atoms. The molecule has 0 bridgehead atoms. The second kappa shape index (κ2) is 5.93. The van der Waals surface area contributed by atoms with E-state index in [1.807, 2.05) is 4.90 Å². The van der Waals surface area contributed by atoms with Gasteiger partial charge in [0, 0.05) is 13.1 Å². The maximum Gasteiger partial charge on any atom is 0.307 e. The minimum Gasteiger partial charge on any atom is -0.481 e. The van der Waals surface area contributed by atoms with Gasteiger partial charge >= 0.3 is 5.97 Å². The Morgan fingerprint density at radius 2 is 1.53 bits per heavy atom. The summed E-state index contributed by atoms with van der Waals surface area (Å²) in [6, 6.07) is 0. The predicted octanol–water partition coefficient (Wildman–Crippen LogP) is 2.38. The molecule has 2 rings (SSSR count). The quantitative estimate of drug-likeness (QED) is 0.835. The lowest BCUT2D eigenvalue weighted by molar-refractivity contribution is -0.153. The maximum atomic E-state index is 12.6. The first-order valence-electron chi connectivity index (χ1n) is 7.50. The molecular formula is C15H25NO3. The van der Waals surface area contributed by atoms with Crippen molar-refractivity contribution in [2.45, 2.75) is 46.0 Å². The lowest BCUT2D eigenvalue weighted by Gasteiger charge is -2.39. The number of piperidine rings is 1. The van der Waals surface area contributed by atoms with Crippen LogP contribution >= 0.6 is 0 Å². The molecule has 1 amide bonds. The van der Waals surface area contributed by atoms with Crippen LogP contribution in [0.25, 0.3) is 0 Å². The van der Waals surface area contributed by atoms with Gasteiger partial charge in [-0.25, -0.2) is 0 Å². The summed E-state index contributed by atoms with van der Waals surface area (Å²) < 4.78 is 0. The molecule has 0 unspecified atom stereocenters. The van der Waals surface area contributed by atoms with Crippen LogP contribution in [0.3, 0.4) is 0 Å². The lowest BCUT2D eigenvalue weighted by atomic mass is 9.78. The van der Waals surface area contributed by atoms with E-state index < -0.39 is 11.9 Å². The van der Waals surface area contributed by atoms with E-state index in [2.05, 4.69) is 13.8 Å². The summed E-state index contributed by atoms with van der Waals surface area (Å²) in [6.07, 6.45) is 4.49. The number of hydrogen-bond acceptors (Lipinski definition) is 2. The van der Waals surface area contributed by atoms with E-state index in [4.69, 9.17) is 0 Å². The molecule has 0 spiro atoms. The highest BCUT2D eigenvalue weighted by Crippen LogP contribution is 2.33. The molecular weight excluding hydrogens is 242 g/mol. The monoisotopic (exact) mass is 267 g/mol. The first-order valence-corrected chi connectivity index (χ1v) is 7.50. The summed E-state index contributed by atoms with van der Waals surface area (Å²) in [5.41, 5.74) is 0. The van der Waals surface area contributed by atoms with Crippen LogP contribution in [0.2, 0.25) is 0 Å². The minimum absolute atomic E-state index is 0.0884. The van der Waals surface area contributed by atoms with Gasteiger partial charge in [-0.1, -0.05) is 26.7 Å². The second-order valence-corrected chi connectivity index (χ2v) is 6.52. The molecule has 2 fully saturated rings. The zero-order valence-corrected chi connectivity index (χ0v) is 12.0. The Bertz CT molecular complexity index is 345. The number of amides is 1. The Labute approximate surface area is 115 Å². The normalized spacial score (nSPS) is 36.0. The summed E-state index contributed by atoms with van der Waals surface area (Å²) in [5.74, 6) is -0.404. The molecule has 108 valence electrons. The van der Waals surface area contributed by atoms with Gasteiger partial charge in [0.05, 0.1) is 11.8 Å². The van der Waals surface area contributed by atoms with Crippen LogP contribution in [0.5, 0.6) is 0 Å². The van der Waals surface area contributed by atoms with Crippen molar-refractivity contribution in [3.63, 3.8) is 0 Å². The predicted molar refractivity (Wildman–Crippen MR) is 72.6 cm³/mol. The van der Waals surface area contributed by atoms with Gasteiger partial charge in [0.25, 0.3) is 0 Å². The van der Waals surface area contributed by atoms with Gasteiger partial charge in [0.2, 0.25) is 5.91 Å². The highest BCUT2D eigenvalue weighted by Gasteiger charge is 2.39. The van der Waals surface area contributed by atoms with E-state index in [1.165, 1.54) is 0 Å². The third kappa shape index (κ3) is 3.28. The Morgan fingerprint density at radius 3 is 2.05 bits per heavy atom. The van der Waals surface area contributed by atoms with Gasteiger partial charge in [0.15, 0.2) is 0 Å². The van der Waals surface area contributed by atoms with Gasteiger partial charge in [-0.05, 0) is 31.1 Å². The fourth-order valence-corrected chi connectivity index (χ4v) is 3.80. The van der Waals surface area contributed by atoms with Crippen molar-refractivity contribution in [3.05, 3.63) is 0 Å². The van der Waals surface area contributed by atoms with Gasteiger partial charge in [-0.3, -0.25) is 9.59 Å². The fraction of sp³-hybridized carbons (Fsp3) is 0.867. The number of aliphatic carboxylic acids is 1. The highest BCUT2D eigenvalue weighted by molar-refractivity contribution is 5.85. The smallest absolute Gasteiger partial charge is 0.307 e. The Balaban J connectivity index is 2.06. The molecule has 1 aliphatic carbocycles. The summed E-state index contributed by atoms with van der Waals surface area (Å²) in [6.45, 7) is 5.94. The fourth-order valence-electron chi connectivity index (χ4n) is 3.80. The van der Waals surface area contributed by atoms with Crippen LogP contribution in [-0.4, -0.2) is 35.0 Å². The maximum absolute atomic E-state index is 12.6. The lowest BCUT2D eigenvalue weighted by Crippen LogP contribution is -2.48. The van der Waals surface area contributed by atoms with Crippen molar-refractivity contribution in [1.29, 1.82) is 0 Å². The van der Waals surface area contributed by atoms with Gasteiger partial charge < -0.3 is 10.0 Å². The largest absolute Gasteiger partial charge is 0.481 e. The van der Waals surface area contributed by atoms with Crippen LogP contribution in [-0.2, 0) is 9.59 Å². The molecule has 4 nitrogen and oxygen atoms in total. The molecule has 0 radical (unpaired) electrons. The number of carboxylic acids is 1. The van der Waals surface area contributed by atoms with E-state index >= 15 is 0 Å². The van der Waals surface area contributed by atoms with Gasteiger partial charge in [-0.15, -0.1) is 0 Å². The summed E-state index contributed by atoms with van der Waals surface area (Å²) in [7, 11) is 0. The second-order valence-electron chi connectivity index (χ2n) is 6.52. The summed E-state index contributed by atoms with van der Waals surface area (Å²) in [5, 5.41) is 9.29. The Morgan fingerprint density at radius 1 is 1.00 bits per heavy atom. The van der Waals surface area contributed by atoms with Crippen LogP contribution < -0.4 is 0 Å². The van der Waals surface area contributed by atoms with Crippen LogP contribution in [0, 0.1) is 23.7 Å². The summed E-state index contributed by atoms with van der Waals surface area (Å²) >= 11 is 0. The van der Waals surface area contributed by atoms with Gasteiger partial charge in [-0.2, -0.15) is 0 Å². The number of carboxylic acid groups (broad SMARTS) is 1. The molecule has 1 heterocycles. The molecule has 1 N–H and O–H groups in total. The van der Waals surface area contributed by atoms with Crippen molar-refractivity contribution >= 4 is 11.9 Å². The Hall–Kier alpha value is -1.06. The van der Waals surface area contributed by atoms with Crippen molar-refractivity contribution < 1.29 is 14.7 Å². The number of hydrogen-bond donors (Lipinski definition) is 1. The van der Waals surface area contributed by atoms with Crippen LogP contribution in [0.1, 0.15) is 46.0 Å². The third-order valence-corrected chi connectivity index (χ3v) is 4.58. The minimum atomic E-state index is -0.795. The number of carbonyl (C=O) groups excluding carboxylic acids is 1. The molecule has 1 saturated carbocycles. The summed E-state index contributed by atoms with van der Waals surface area (Å²) in [4.78, 5) is 25.9. The van der Waals surface area contributed by atoms with E-state index in [-0.39, 0.29) is 11.8 Å². The molecule has 0 aromatic heterocycles. The number of nitrogens with zero attached hydrogens (tertiary/aromatic N) is 1. The standard InChI is InChI=1S/C15H25NO3/c1-10-7-11(2)9-16(8-10)14(17)12-5-3-4-6-13(12)15(18)19/h10-13H,3-9H2,1-2H3,(H,18,19)/t10-,11+,12-,13-/m1/s1. The van der Waals surface area contributed by atoms with E-state index in [9.17, 15) is 14.7 Å². The van der Waals surface area contributed by atoms with E-state index in [1.54, 1.807) is 0 Å². The Kier molecular flexibility index (Phi) is 4.48. The van der Waals surface area contributed by atoms with Gasteiger partial charge in [0.1, 0.15) is 0 Å². The third-order valence-electron chi connectivity index (χ3n) is 4.58. The van der Waals surface area contributed by atoms with Crippen LogP contribution in [0.4, 0.5) is 0 Å². The van der Waals surface area contributed by atoms with Crippen LogP contribution in [0.15, 0.2) is 0 Å². The number of rotatable bonds is 2. The molecule has 0 aromatic rings. The average Bonchev–Trinajstić information content (AvgIpc) is 2.36. The highest BCUT2D eigenvalue weighted by atomic mass is 16.4. The van der Waals surface area contributed by atoms with Crippen molar-refractivity contribution in [2.75, 3.05) is 13.1 Å². The molecule has 4 atom stereocenters. The molecule has 4 heteroatoms. The SMILES string of the molecule is C[C@@H]1C[C@H](C)CN(C(=O)[C@@H]2CCCC[C@H]2C(=O)O)C1. The van der Waals surface area contributed by atoms with E-state index in [0.717, 1.165) is 38.8 Å². The molecule has 0 aromatic carbocycles. The van der Waals surface area contributed by atoms with Crippen molar-refractivity contribution in [1.82, 2.24) is 4.90 Å².